The molecule has 0 aromatic heterocycles. The molecule has 0 fully saturated rings. The lowest BCUT2D eigenvalue weighted by molar-refractivity contribution is -0.117. The van der Waals surface area contributed by atoms with E-state index in [1.165, 1.54) is 25.3 Å². The van der Waals surface area contributed by atoms with Gasteiger partial charge in [0.15, 0.2) is 0 Å². The van der Waals surface area contributed by atoms with E-state index in [0.717, 1.165) is 0 Å². The van der Waals surface area contributed by atoms with Crippen LogP contribution in [0.1, 0.15) is 15.9 Å². The minimum absolute atomic E-state index is 0.0452. The fourth-order valence-corrected chi connectivity index (χ4v) is 3.33. The molecule has 0 heterocycles. The van der Waals surface area contributed by atoms with Gasteiger partial charge in [-0.2, -0.15) is 0 Å². The van der Waals surface area contributed by atoms with Crippen molar-refractivity contribution in [3.05, 3.63) is 59.7 Å². The normalized spacial score (nSPS) is 11.0. The van der Waals surface area contributed by atoms with Gasteiger partial charge in [0.2, 0.25) is 15.9 Å². The van der Waals surface area contributed by atoms with Crippen molar-refractivity contribution in [1.82, 2.24) is 10.0 Å². The summed E-state index contributed by atoms with van der Waals surface area (Å²) in [6, 6.07) is 12.6. The molecule has 138 valence electrons. The van der Waals surface area contributed by atoms with Crippen molar-refractivity contribution in [2.75, 3.05) is 13.7 Å². The molecule has 0 aliphatic rings. The Labute approximate surface area is 151 Å². The standard InChI is InChI=1S/C17H19N3O5S/c1-25-14-4-2-3-5-15(14)26(23,24)20-10-12-6-8-13(9-7-12)17(22)19-11-16(18)21/h2-9,20H,10-11H2,1H3,(H2,18,21)(H,19,22). The van der Waals surface area contributed by atoms with Gasteiger partial charge in [-0.1, -0.05) is 24.3 Å². The lowest BCUT2D eigenvalue weighted by Gasteiger charge is -2.11. The highest BCUT2D eigenvalue weighted by molar-refractivity contribution is 7.89. The number of carbonyl (C=O) groups excluding carboxylic acids is 2. The zero-order valence-corrected chi connectivity index (χ0v) is 14.9. The number of nitrogens with one attached hydrogen (secondary N) is 2. The molecule has 0 atom stereocenters. The molecule has 0 aliphatic carbocycles. The third-order valence-corrected chi connectivity index (χ3v) is 4.90. The monoisotopic (exact) mass is 377 g/mol. The van der Waals surface area contributed by atoms with E-state index in [9.17, 15) is 18.0 Å². The second-order valence-electron chi connectivity index (χ2n) is 5.32. The summed E-state index contributed by atoms with van der Waals surface area (Å²) >= 11 is 0. The molecule has 9 heteroatoms. The van der Waals surface area contributed by atoms with Crippen molar-refractivity contribution in [3.8, 4) is 5.75 Å². The van der Waals surface area contributed by atoms with Gasteiger partial charge in [-0.15, -0.1) is 0 Å². The van der Waals surface area contributed by atoms with Crippen LogP contribution in [0.15, 0.2) is 53.4 Å². The predicted molar refractivity (Wildman–Crippen MR) is 95.0 cm³/mol. The first-order valence-electron chi connectivity index (χ1n) is 7.61. The summed E-state index contributed by atoms with van der Waals surface area (Å²) < 4.78 is 32.4. The number of sulfonamides is 1. The van der Waals surface area contributed by atoms with Gasteiger partial charge in [-0.3, -0.25) is 9.59 Å². The quantitative estimate of drug-likeness (QED) is 0.613. The minimum atomic E-state index is -3.75. The number of primary amides is 1. The van der Waals surface area contributed by atoms with Gasteiger partial charge in [-0.05, 0) is 29.8 Å². The van der Waals surface area contributed by atoms with E-state index in [0.29, 0.717) is 11.1 Å². The van der Waals surface area contributed by atoms with E-state index in [4.69, 9.17) is 10.5 Å². The molecule has 8 nitrogen and oxygen atoms in total. The molecule has 0 saturated carbocycles. The van der Waals surface area contributed by atoms with E-state index in [-0.39, 0.29) is 23.7 Å². The van der Waals surface area contributed by atoms with Gasteiger partial charge in [0, 0.05) is 12.1 Å². The van der Waals surface area contributed by atoms with Crippen LogP contribution in [0.4, 0.5) is 0 Å². The van der Waals surface area contributed by atoms with Gasteiger partial charge in [-0.25, -0.2) is 13.1 Å². The molecule has 0 bridgehead atoms. The maximum absolute atomic E-state index is 12.4. The van der Waals surface area contributed by atoms with Crippen LogP contribution in [0, 0.1) is 0 Å². The molecular weight excluding hydrogens is 358 g/mol. The molecule has 4 N–H and O–H groups in total. The van der Waals surface area contributed by atoms with Crippen molar-refractivity contribution >= 4 is 21.8 Å². The highest BCUT2D eigenvalue weighted by Crippen LogP contribution is 2.22. The summed E-state index contributed by atoms with van der Waals surface area (Å²) in [5.74, 6) is -0.827. The van der Waals surface area contributed by atoms with Crippen LogP contribution in [0.5, 0.6) is 5.75 Å². The van der Waals surface area contributed by atoms with Gasteiger partial charge in [0.05, 0.1) is 13.7 Å². The molecule has 0 aliphatic heterocycles. The number of methoxy groups -OCH3 is 1. The summed E-state index contributed by atoms with van der Waals surface area (Å²) in [7, 11) is -2.35. The van der Waals surface area contributed by atoms with Crippen LogP contribution >= 0.6 is 0 Å². The van der Waals surface area contributed by atoms with Crippen LogP contribution in [0.3, 0.4) is 0 Å². The van der Waals surface area contributed by atoms with Crippen LogP contribution < -0.4 is 20.5 Å². The van der Waals surface area contributed by atoms with Crippen LogP contribution in [-0.4, -0.2) is 33.9 Å². The molecule has 2 rings (SSSR count). The Hall–Kier alpha value is -2.91. The highest BCUT2D eigenvalue weighted by atomic mass is 32.2. The molecule has 2 aromatic rings. The summed E-state index contributed by atoms with van der Waals surface area (Å²) in [5.41, 5.74) is 5.96. The van der Waals surface area contributed by atoms with Crippen LogP contribution in [-0.2, 0) is 21.4 Å². The zero-order valence-electron chi connectivity index (χ0n) is 14.1. The predicted octanol–water partition coefficient (Wildman–Crippen LogP) is 0.389. The van der Waals surface area contributed by atoms with E-state index in [1.807, 2.05) is 0 Å². The minimum Gasteiger partial charge on any atom is -0.495 e. The number of nitrogens with two attached hydrogens (primary N) is 1. The highest BCUT2D eigenvalue weighted by Gasteiger charge is 2.18. The Balaban J connectivity index is 2.03. The van der Waals surface area contributed by atoms with Crippen molar-refractivity contribution in [2.45, 2.75) is 11.4 Å². The second kappa shape index (κ2) is 8.45. The van der Waals surface area contributed by atoms with Crippen molar-refractivity contribution in [2.24, 2.45) is 5.73 Å². The fraction of sp³-hybridized carbons (Fsp3) is 0.176. The molecule has 0 unspecified atom stereocenters. The molecule has 0 radical (unpaired) electrons. The molecular formula is C17H19N3O5S. The summed E-state index contributed by atoms with van der Waals surface area (Å²) in [5, 5.41) is 2.37. The molecule has 2 aromatic carbocycles. The summed E-state index contributed by atoms with van der Waals surface area (Å²) in [4.78, 5) is 22.5. The van der Waals surface area contributed by atoms with E-state index in [1.54, 1.807) is 30.3 Å². The smallest absolute Gasteiger partial charge is 0.251 e. The number of ether oxygens (including phenoxy) is 1. The SMILES string of the molecule is COc1ccccc1S(=O)(=O)NCc1ccc(C(=O)NCC(N)=O)cc1. The van der Waals surface area contributed by atoms with Crippen LogP contribution in [0.2, 0.25) is 0 Å². The Bertz CT molecular complexity index is 895. The van der Waals surface area contributed by atoms with Gasteiger partial charge in [0.1, 0.15) is 10.6 Å². The van der Waals surface area contributed by atoms with E-state index in [2.05, 4.69) is 10.0 Å². The first-order chi connectivity index (χ1) is 12.3. The number of carbonyl (C=O) groups is 2. The zero-order chi connectivity index (χ0) is 19.2. The number of hydrogen-bond acceptors (Lipinski definition) is 5. The molecule has 2 amide bonds. The number of amides is 2. The lowest BCUT2D eigenvalue weighted by atomic mass is 10.1. The third-order valence-electron chi connectivity index (χ3n) is 3.46. The first kappa shape index (κ1) is 19.4. The van der Waals surface area contributed by atoms with Gasteiger partial charge in [0.25, 0.3) is 5.91 Å². The van der Waals surface area contributed by atoms with Crippen LogP contribution in [0.25, 0.3) is 0 Å². The lowest BCUT2D eigenvalue weighted by Crippen LogP contribution is -2.33. The Morgan fingerprint density at radius 1 is 1.08 bits per heavy atom. The number of rotatable bonds is 8. The number of hydrogen-bond donors (Lipinski definition) is 3. The van der Waals surface area contributed by atoms with Crippen molar-refractivity contribution < 1.29 is 22.7 Å². The van der Waals surface area contributed by atoms with Crippen molar-refractivity contribution in [3.63, 3.8) is 0 Å². The maximum atomic E-state index is 12.4. The van der Waals surface area contributed by atoms with Gasteiger partial charge < -0.3 is 15.8 Å². The van der Waals surface area contributed by atoms with Gasteiger partial charge >= 0.3 is 0 Å². The summed E-state index contributed by atoms with van der Waals surface area (Å²) in [6.45, 7) is -0.205. The Morgan fingerprint density at radius 3 is 2.35 bits per heavy atom. The maximum Gasteiger partial charge on any atom is 0.251 e. The van der Waals surface area contributed by atoms with Crippen molar-refractivity contribution in [1.29, 1.82) is 0 Å². The molecule has 0 spiro atoms. The van der Waals surface area contributed by atoms with E-state index >= 15 is 0 Å². The molecule has 0 saturated heterocycles. The molecule has 26 heavy (non-hydrogen) atoms. The average molecular weight is 377 g/mol. The first-order valence-corrected chi connectivity index (χ1v) is 9.10. The third kappa shape index (κ3) is 5.04. The number of para-hydroxylation sites is 1. The Kier molecular flexibility index (Phi) is 6.31. The topological polar surface area (TPSA) is 128 Å². The summed E-state index contributed by atoms with van der Waals surface area (Å²) in [6.07, 6.45) is 0. The second-order valence-corrected chi connectivity index (χ2v) is 7.06. The average Bonchev–Trinajstić information content (AvgIpc) is 2.64. The number of benzene rings is 2. The Morgan fingerprint density at radius 2 is 1.73 bits per heavy atom. The van der Waals surface area contributed by atoms with E-state index < -0.39 is 21.8 Å². The fourth-order valence-electron chi connectivity index (χ4n) is 2.14. The largest absolute Gasteiger partial charge is 0.495 e.